The van der Waals surface area contributed by atoms with Crippen LogP contribution in [0.25, 0.3) is 0 Å². The van der Waals surface area contributed by atoms with Gasteiger partial charge in [-0.3, -0.25) is 4.68 Å². The summed E-state index contributed by atoms with van der Waals surface area (Å²) in [4.78, 5) is 0. The van der Waals surface area contributed by atoms with E-state index >= 15 is 0 Å². The van der Waals surface area contributed by atoms with Crippen molar-refractivity contribution in [2.24, 2.45) is 0 Å². The highest BCUT2D eigenvalue weighted by atomic mass is 19.4. The lowest BCUT2D eigenvalue weighted by atomic mass is 10.2. The van der Waals surface area contributed by atoms with Crippen molar-refractivity contribution < 1.29 is 17.6 Å². The fourth-order valence-electron chi connectivity index (χ4n) is 1.95. The van der Waals surface area contributed by atoms with Gasteiger partial charge in [0, 0.05) is 24.3 Å². The Balaban J connectivity index is 1.67. The Morgan fingerprint density at radius 1 is 1.40 bits per heavy atom. The molecule has 4 nitrogen and oxygen atoms in total. The second-order valence-electron chi connectivity index (χ2n) is 4.95. The predicted molar refractivity (Wildman–Crippen MR) is 64.9 cm³/mol. The van der Waals surface area contributed by atoms with E-state index in [2.05, 4.69) is 10.4 Å². The van der Waals surface area contributed by atoms with E-state index < -0.39 is 11.7 Å². The minimum Gasteiger partial charge on any atom is -0.467 e. The van der Waals surface area contributed by atoms with Gasteiger partial charge in [0.2, 0.25) is 0 Å². The first-order valence-electron chi connectivity index (χ1n) is 6.40. The fourth-order valence-corrected chi connectivity index (χ4v) is 1.95. The molecule has 0 aliphatic heterocycles. The third-order valence-electron chi connectivity index (χ3n) is 3.26. The fraction of sp³-hybridized carbons (Fsp3) is 0.462. The molecule has 0 aromatic carbocycles. The van der Waals surface area contributed by atoms with Crippen LogP contribution in [0.4, 0.5) is 13.2 Å². The van der Waals surface area contributed by atoms with Crippen molar-refractivity contribution in [3.05, 3.63) is 41.6 Å². The van der Waals surface area contributed by atoms with E-state index in [1.165, 1.54) is 17.5 Å². The zero-order valence-corrected chi connectivity index (χ0v) is 10.7. The van der Waals surface area contributed by atoms with Crippen LogP contribution in [0.2, 0.25) is 0 Å². The Hall–Kier alpha value is -1.76. The van der Waals surface area contributed by atoms with Crippen molar-refractivity contribution in [3.63, 3.8) is 0 Å². The van der Waals surface area contributed by atoms with Gasteiger partial charge in [-0.05, 0) is 18.9 Å². The Labute approximate surface area is 113 Å². The first kappa shape index (κ1) is 13.2. The highest BCUT2D eigenvalue weighted by Gasteiger charge is 2.32. The van der Waals surface area contributed by atoms with Crippen molar-refractivity contribution in [2.75, 3.05) is 0 Å². The zero-order valence-electron chi connectivity index (χ0n) is 10.7. The molecule has 0 saturated heterocycles. The standard InChI is InChI=1S/C13H14F3N3O/c14-13(15,16)10-6-18-19(7-10)8-12-9(3-4-20-12)5-17-11-1-2-11/h3-4,6-7,11,17H,1-2,5,8H2. The van der Waals surface area contributed by atoms with E-state index in [1.807, 2.05) is 6.07 Å². The largest absolute Gasteiger partial charge is 0.467 e. The SMILES string of the molecule is FC(F)(F)c1cnn(Cc2occc2CNC2CC2)c1. The van der Waals surface area contributed by atoms with Crippen molar-refractivity contribution in [2.45, 2.75) is 38.1 Å². The van der Waals surface area contributed by atoms with Gasteiger partial charge in [-0.2, -0.15) is 18.3 Å². The summed E-state index contributed by atoms with van der Waals surface area (Å²) >= 11 is 0. The van der Waals surface area contributed by atoms with Crippen LogP contribution in [0.3, 0.4) is 0 Å². The molecule has 108 valence electrons. The first-order chi connectivity index (χ1) is 9.52. The molecule has 2 aromatic rings. The van der Waals surface area contributed by atoms with E-state index in [0.717, 1.165) is 18.0 Å². The monoisotopic (exact) mass is 285 g/mol. The molecule has 0 amide bonds. The summed E-state index contributed by atoms with van der Waals surface area (Å²) in [6, 6.07) is 2.40. The minimum atomic E-state index is -4.36. The van der Waals surface area contributed by atoms with Crippen LogP contribution in [0, 0.1) is 0 Å². The summed E-state index contributed by atoms with van der Waals surface area (Å²) in [5, 5.41) is 7.07. The van der Waals surface area contributed by atoms with Gasteiger partial charge >= 0.3 is 6.18 Å². The van der Waals surface area contributed by atoms with Crippen LogP contribution >= 0.6 is 0 Å². The Bertz CT molecular complexity index is 584. The Morgan fingerprint density at radius 2 is 2.20 bits per heavy atom. The normalized spacial score (nSPS) is 15.8. The maximum absolute atomic E-state index is 12.5. The van der Waals surface area contributed by atoms with Crippen LogP contribution in [0.5, 0.6) is 0 Å². The van der Waals surface area contributed by atoms with Gasteiger partial charge in [0.1, 0.15) is 5.76 Å². The first-order valence-corrected chi connectivity index (χ1v) is 6.40. The maximum atomic E-state index is 12.5. The van der Waals surface area contributed by atoms with E-state index in [4.69, 9.17) is 4.42 Å². The highest BCUT2D eigenvalue weighted by Crippen LogP contribution is 2.28. The van der Waals surface area contributed by atoms with Crippen LogP contribution in [0.1, 0.15) is 29.7 Å². The highest BCUT2D eigenvalue weighted by molar-refractivity contribution is 5.18. The van der Waals surface area contributed by atoms with Crippen LogP contribution < -0.4 is 5.32 Å². The third kappa shape index (κ3) is 3.04. The quantitative estimate of drug-likeness (QED) is 0.918. The van der Waals surface area contributed by atoms with Gasteiger partial charge in [-0.1, -0.05) is 0 Å². The molecular weight excluding hydrogens is 271 g/mol. The molecule has 0 bridgehead atoms. The second-order valence-corrected chi connectivity index (χ2v) is 4.95. The molecule has 0 spiro atoms. The summed E-state index contributed by atoms with van der Waals surface area (Å²) in [7, 11) is 0. The molecule has 0 atom stereocenters. The molecular formula is C13H14F3N3O. The van der Waals surface area contributed by atoms with Gasteiger partial charge in [0.05, 0.1) is 24.6 Å². The van der Waals surface area contributed by atoms with Crippen molar-refractivity contribution >= 4 is 0 Å². The molecule has 1 fully saturated rings. The summed E-state index contributed by atoms with van der Waals surface area (Å²) in [6.45, 7) is 0.870. The number of hydrogen-bond acceptors (Lipinski definition) is 3. The van der Waals surface area contributed by atoms with Gasteiger partial charge in [0.15, 0.2) is 0 Å². The number of hydrogen-bond donors (Lipinski definition) is 1. The maximum Gasteiger partial charge on any atom is 0.419 e. The number of nitrogens with zero attached hydrogens (tertiary/aromatic N) is 2. The topological polar surface area (TPSA) is 43.0 Å². The molecule has 7 heteroatoms. The van der Waals surface area contributed by atoms with Gasteiger partial charge in [-0.15, -0.1) is 0 Å². The smallest absolute Gasteiger partial charge is 0.419 e. The molecule has 0 unspecified atom stereocenters. The zero-order chi connectivity index (χ0) is 14.2. The van der Waals surface area contributed by atoms with Crippen molar-refractivity contribution in [3.8, 4) is 0 Å². The number of rotatable bonds is 5. The van der Waals surface area contributed by atoms with Crippen LogP contribution in [0.15, 0.2) is 29.1 Å². The number of halogens is 3. The summed E-state index contributed by atoms with van der Waals surface area (Å²) < 4.78 is 44.0. The van der Waals surface area contributed by atoms with Crippen molar-refractivity contribution in [1.82, 2.24) is 15.1 Å². The van der Waals surface area contributed by atoms with Crippen LogP contribution in [-0.2, 0) is 19.3 Å². The lowest BCUT2D eigenvalue weighted by Crippen LogP contribution is -2.16. The minimum absolute atomic E-state index is 0.199. The van der Waals surface area contributed by atoms with E-state index in [-0.39, 0.29) is 6.54 Å². The molecule has 20 heavy (non-hydrogen) atoms. The lowest BCUT2D eigenvalue weighted by molar-refractivity contribution is -0.137. The number of nitrogens with one attached hydrogen (secondary N) is 1. The average Bonchev–Trinajstić information content (AvgIpc) is 2.90. The molecule has 0 radical (unpaired) electrons. The average molecular weight is 285 g/mol. The molecule has 1 N–H and O–H groups in total. The Kier molecular flexibility index (Phi) is 3.29. The number of alkyl halides is 3. The molecule has 1 aliphatic rings. The van der Waals surface area contributed by atoms with Gasteiger partial charge in [0.25, 0.3) is 0 Å². The number of aromatic nitrogens is 2. The van der Waals surface area contributed by atoms with Gasteiger partial charge < -0.3 is 9.73 Å². The van der Waals surface area contributed by atoms with E-state index in [0.29, 0.717) is 18.3 Å². The molecule has 1 saturated carbocycles. The summed E-state index contributed by atoms with van der Waals surface area (Å²) in [5.74, 6) is 0.634. The van der Waals surface area contributed by atoms with Crippen LogP contribution in [-0.4, -0.2) is 15.8 Å². The van der Waals surface area contributed by atoms with E-state index in [9.17, 15) is 13.2 Å². The van der Waals surface area contributed by atoms with Gasteiger partial charge in [-0.25, -0.2) is 0 Å². The second kappa shape index (κ2) is 4.97. The van der Waals surface area contributed by atoms with E-state index in [1.54, 1.807) is 6.26 Å². The molecule has 1 aliphatic carbocycles. The summed E-state index contributed by atoms with van der Waals surface area (Å²) in [6.07, 6.45) is 1.36. The number of furan rings is 1. The lowest BCUT2D eigenvalue weighted by Gasteiger charge is -2.04. The molecule has 2 heterocycles. The summed E-state index contributed by atoms with van der Waals surface area (Å²) in [5.41, 5.74) is 0.211. The molecule has 3 rings (SSSR count). The Morgan fingerprint density at radius 3 is 2.85 bits per heavy atom. The van der Waals surface area contributed by atoms with Crippen molar-refractivity contribution in [1.29, 1.82) is 0 Å². The predicted octanol–water partition coefficient (Wildman–Crippen LogP) is 2.80. The molecule has 2 aromatic heterocycles. The third-order valence-corrected chi connectivity index (χ3v) is 3.26.